The Kier molecular flexibility index (Phi) is 7.76. The highest BCUT2D eigenvalue weighted by molar-refractivity contribution is 7.80. The summed E-state index contributed by atoms with van der Waals surface area (Å²) in [5.41, 5.74) is 1.81. The van der Waals surface area contributed by atoms with Crippen LogP contribution in [0.5, 0.6) is 5.75 Å². The number of hydrogen-bond acceptors (Lipinski definition) is 4. The predicted molar refractivity (Wildman–Crippen MR) is 111 cm³/mol. The van der Waals surface area contributed by atoms with Gasteiger partial charge in [0.05, 0.1) is 12.2 Å². The lowest BCUT2D eigenvalue weighted by molar-refractivity contribution is -0.114. The van der Waals surface area contributed by atoms with E-state index in [4.69, 9.17) is 17.0 Å². The van der Waals surface area contributed by atoms with Crippen LogP contribution in [0, 0.1) is 0 Å². The quantitative estimate of drug-likeness (QED) is 0.497. The molecule has 0 unspecified atom stereocenters. The lowest BCUT2D eigenvalue weighted by Crippen LogP contribution is -2.34. The van der Waals surface area contributed by atoms with Gasteiger partial charge in [0.15, 0.2) is 5.11 Å². The first-order valence-electron chi connectivity index (χ1n) is 8.71. The molecule has 2 aromatic rings. The molecule has 2 aromatic carbocycles. The van der Waals surface area contributed by atoms with Crippen molar-refractivity contribution in [2.45, 2.75) is 26.7 Å². The summed E-state index contributed by atoms with van der Waals surface area (Å²) in [5, 5.41) is 8.45. The van der Waals surface area contributed by atoms with Crippen molar-refractivity contribution in [1.82, 2.24) is 5.32 Å². The topological polar surface area (TPSA) is 79.5 Å². The zero-order valence-corrected chi connectivity index (χ0v) is 16.2. The molecule has 0 radical (unpaired) electrons. The van der Waals surface area contributed by atoms with Crippen molar-refractivity contribution in [3.05, 3.63) is 54.1 Å². The maximum atomic E-state index is 12.5. The second-order valence-corrected chi connectivity index (χ2v) is 6.27. The van der Waals surface area contributed by atoms with Gasteiger partial charge in [-0.1, -0.05) is 25.5 Å². The van der Waals surface area contributed by atoms with E-state index in [0.717, 1.165) is 12.8 Å². The zero-order valence-electron chi connectivity index (χ0n) is 15.4. The summed E-state index contributed by atoms with van der Waals surface area (Å²) in [5.74, 6) is 0.0543. The number of carbonyl (C=O) groups excluding carboxylic acids is 2. The molecule has 27 heavy (non-hydrogen) atoms. The molecule has 7 heteroatoms. The van der Waals surface area contributed by atoms with E-state index in [9.17, 15) is 9.59 Å². The maximum absolute atomic E-state index is 12.5. The van der Waals surface area contributed by atoms with Crippen LogP contribution in [-0.2, 0) is 4.79 Å². The molecule has 0 aliphatic heterocycles. The van der Waals surface area contributed by atoms with Gasteiger partial charge < -0.3 is 15.4 Å². The van der Waals surface area contributed by atoms with Crippen molar-refractivity contribution in [1.29, 1.82) is 0 Å². The molecule has 0 fully saturated rings. The zero-order chi connectivity index (χ0) is 19.6. The van der Waals surface area contributed by atoms with E-state index in [1.54, 1.807) is 42.5 Å². The summed E-state index contributed by atoms with van der Waals surface area (Å²) in [4.78, 5) is 23.5. The Morgan fingerprint density at radius 2 is 1.63 bits per heavy atom. The maximum Gasteiger partial charge on any atom is 0.261 e. The number of para-hydroxylation sites is 1. The minimum atomic E-state index is -0.338. The molecule has 142 valence electrons. The van der Waals surface area contributed by atoms with Crippen LogP contribution in [-0.4, -0.2) is 23.5 Å². The molecular weight excluding hydrogens is 362 g/mol. The number of hydrogen-bond donors (Lipinski definition) is 3. The fourth-order valence-corrected chi connectivity index (χ4v) is 2.49. The number of benzene rings is 2. The lowest BCUT2D eigenvalue weighted by atomic mass is 10.2. The Morgan fingerprint density at radius 3 is 2.26 bits per heavy atom. The van der Waals surface area contributed by atoms with Crippen molar-refractivity contribution in [2.75, 3.05) is 17.2 Å². The molecule has 0 saturated heterocycles. The molecule has 0 aromatic heterocycles. The van der Waals surface area contributed by atoms with Gasteiger partial charge in [-0.3, -0.25) is 14.9 Å². The van der Waals surface area contributed by atoms with Gasteiger partial charge in [-0.15, -0.1) is 0 Å². The average molecular weight is 385 g/mol. The van der Waals surface area contributed by atoms with Gasteiger partial charge in [-0.25, -0.2) is 0 Å². The summed E-state index contributed by atoms with van der Waals surface area (Å²) >= 11 is 5.21. The minimum absolute atomic E-state index is 0.140. The van der Waals surface area contributed by atoms with Crippen LogP contribution in [0.15, 0.2) is 48.5 Å². The summed E-state index contributed by atoms with van der Waals surface area (Å²) in [7, 11) is 0. The van der Waals surface area contributed by atoms with Crippen molar-refractivity contribution in [3.8, 4) is 5.75 Å². The fourth-order valence-electron chi connectivity index (χ4n) is 2.28. The molecule has 0 bridgehead atoms. The Hall–Kier alpha value is -2.93. The number of anilines is 2. The van der Waals surface area contributed by atoms with E-state index < -0.39 is 0 Å². The summed E-state index contributed by atoms with van der Waals surface area (Å²) in [6, 6.07) is 14.1. The van der Waals surface area contributed by atoms with Gasteiger partial charge in [0.2, 0.25) is 5.91 Å². The summed E-state index contributed by atoms with van der Waals surface area (Å²) < 4.78 is 5.68. The van der Waals surface area contributed by atoms with Gasteiger partial charge in [0.25, 0.3) is 5.91 Å². The Morgan fingerprint density at radius 1 is 1.00 bits per heavy atom. The normalized spacial score (nSPS) is 10.0. The summed E-state index contributed by atoms with van der Waals surface area (Å²) in [6.45, 7) is 4.08. The molecule has 0 atom stereocenters. The summed E-state index contributed by atoms with van der Waals surface area (Å²) in [6.07, 6.45) is 1.94. The van der Waals surface area contributed by atoms with E-state index in [2.05, 4.69) is 22.9 Å². The second-order valence-electron chi connectivity index (χ2n) is 5.86. The predicted octanol–water partition coefficient (Wildman–Crippen LogP) is 3.95. The molecule has 0 saturated carbocycles. The van der Waals surface area contributed by atoms with E-state index in [1.165, 1.54) is 6.92 Å². The van der Waals surface area contributed by atoms with E-state index in [-0.39, 0.29) is 16.9 Å². The number of amides is 2. The standard InChI is InChI=1S/C20H23N3O3S/c1-3-4-13-26-18-8-6-5-7-17(18)19(25)23-20(27)22-16-11-9-15(10-12-16)21-14(2)24/h5-12H,3-4,13H2,1-2H3,(H,21,24)(H2,22,23,25,27). The van der Waals surface area contributed by atoms with Crippen LogP contribution in [0.25, 0.3) is 0 Å². The largest absolute Gasteiger partial charge is 0.493 e. The van der Waals surface area contributed by atoms with Crippen molar-refractivity contribution < 1.29 is 14.3 Å². The number of thiocarbonyl (C=S) groups is 1. The van der Waals surface area contributed by atoms with Crippen molar-refractivity contribution in [3.63, 3.8) is 0 Å². The third kappa shape index (κ3) is 6.71. The van der Waals surface area contributed by atoms with Crippen LogP contribution >= 0.6 is 12.2 Å². The number of unbranched alkanes of at least 4 members (excludes halogenated alkanes) is 1. The van der Waals surface area contributed by atoms with E-state index in [1.807, 2.05) is 6.07 Å². The molecule has 0 spiro atoms. The van der Waals surface area contributed by atoms with Crippen LogP contribution in [0.4, 0.5) is 11.4 Å². The van der Waals surface area contributed by atoms with Crippen LogP contribution < -0.4 is 20.7 Å². The minimum Gasteiger partial charge on any atom is -0.493 e. The molecule has 2 amide bonds. The van der Waals surface area contributed by atoms with Gasteiger partial charge in [-0.05, 0) is 55.0 Å². The van der Waals surface area contributed by atoms with E-state index in [0.29, 0.717) is 29.3 Å². The lowest BCUT2D eigenvalue weighted by Gasteiger charge is -2.13. The fraction of sp³-hybridized carbons (Fsp3) is 0.250. The highest BCUT2D eigenvalue weighted by atomic mass is 32.1. The highest BCUT2D eigenvalue weighted by Gasteiger charge is 2.13. The van der Waals surface area contributed by atoms with Crippen LogP contribution in [0.1, 0.15) is 37.0 Å². The number of rotatable bonds is 7. The van der Waals surface area contributed by atoms with Gasteiger partial charge >= 0.3 is 0 Å². The first kappa shape index (κ1) is 20.4. The molecule has 0 aliphatic carbocycles. The first-order chi connectivity index (χ1) is 13.0. The Labute approximate surface area is 164 Å². The van der Waals surface area contributed by atoms with Gasteiger partial charge in [0.1, 0.15) is 5.75 Å². The number of carbonyl (C=O) groups is 2. The SMILES string of the molecule is CCCCOc1ccccc1C(=O)NC(=S)Nc1ccc(NC(C)=O)cc1. The van der Waals surface area contributed by atoms with Crippen molar-refractivity contribution >= 4 is 40.5 Å². The molecule has 0 heterocycles. The molecule has 6 nitrogen and oxygen atoms in total. The monoisotopic (exact) mass is 385 g/mol. The van der Waals surface area contributed by atoms with Gasteiger partial charge in [0, 0.05) is 18.3 Å². The Bertz CT molecular complexity index is 806. The second kappa shape index (κ2) is 10.3. The third-order valence-electron chi connectivity index (χ3n) is 3.58. The first-order valence-corrected chi connectivity index (χ1v) is 9.12. The van der Waals surface area contributed by atoms with Crippen molar-refractivity contribution in [2.24, 2.45) is 0 Å². The molecule has 2 rings (SSSR count). The van der Waals surface area contributed by atoms with E-state index >= 15 is 0 Å². The Balaban J connectivity index is 1.95. The van der Waals surface area contributed by atoms with Crippen LogP contribution in [0.2, 0.25) is 0 Å². The number of ether oxygens (including phenoxy) is 1. The van der Waals surface area contributed by atoms with Gasteiger partial charge in [-0.2, -0.15) is 0 Å². The molecule has 0 aliphatic rings. The molecule has 3 N–H and O–H groups in total. The molecular formula is C20H23N3O3S. The highest BCUT2D eigenvalue weighted by Crippen LogP contribution is 2.18. The number of nitrogens with one attached hydrogen (secondary N) is 3. The third-order valence-corrected chi connectivity index (χ3v) is 3.78. The van der Waals surface area contributed by atoms with Crippen LogP contribution in [0.3, 0.4) is 0 Å². The average Bonchev–Trinajstić information content (AvgIpc) is 2.63. The smallest absolute Gasteiger partial charge is 0.261 e.